The molecule has 1 nitrogen and oxygen atoms in total. The van der Waals surface area contributed by atoms with Crippen LogP contribution >= 0.6 is 11.8 Å². The molecule has 0 aromatic rings. The second-order valence-electron chi connectivity index (χ2n) is 3.43. The van der Waals surface area contributed by atoms with Gasteiger partial charge in [-0.3, -0.25) is 0 Å². The molecule has 58 valence electrons. The summed E-state index contributed by atoms with van der Waals surface area (Å²) in [6.07, 6.45) is 7.64. The average Bonchev–Trinajstić information content (AvgIpc) is 2.70. The monoisotopic (exact) mass is 158 g/mol. The molecule has 10 heavy (non-hydrogen) atoms. The van der Waals surface area contributed by atoms with Crippen molar-refractivity contribution >= 4 is 11.8 Å². The molecule has 0 bridgehead atoms. The maximum Gasteiger partial charge on any atom is 0.0927 e. The minimum Gasteiger partial charge on any atom is -0.370 e. The van der Waals surface area contributed by atoms with Gasteiger partial charge < -0.3 is 4.74 Å². The molecule has 2 rings (SSSR count). The molecule has 2 aliphatic rings. The van der Waals surface area contributed by atoms with E-state index < -0.39 is 0 Å². The Balaban J connectivity index is 1.91. The van der Waals surface area contributed by atoms with Crippen LogP contribution in [0.15, 0.2) is 0 Å². The fourth-order valence-corrected chi connectivity index (χ4v) is 2.71. The molecule has 1 spiro atoms. The van der Waals surface area contributed by atoms with Crippen molar-refractivity contribution in [1.82, 2.24) is 0 Å². The van der Waals surface area contributed by atoms with Gasteiger partial charge in [-0.25, -0.2) is 0 Å². The van der Waals surface area contributed by atoms with Gasteiger partial charge in [-0.15, -0.1) is 0 Å². The zero-order valence-electron chi connectivity index (χ0n) is 6.43. The van der Waals surface area contributed by atoms with E-state index in [4.69, 9.17) is 4.74 Å². The standard InChI is InChI=1S/C8H14OS/c1-10-7-3-2-4-8(5-7)6-9-8/h7H,2-6H2,1H3. The smallest absolute Gasteiger partial charge is 0.0927 e. The molecule has 2 heteroatoms. The topological polar surface area (TPSA) is 12.5 Å². The lowest BCUT2D eigenvalue weighted by Crippen LogP contribution is -2.24. The first-order chi connectivity index (χ1) is 4.85. The summed E-state index contributed by atoms with van der Waals surface area (Å²) in [5.74, 6) is 0. The van der Waals surface area contributed by atoms with Gasteiger partial charge in [-0.2, -0.15) is 11.8 Å². The van der Waals surface area contributed by atoms with Crippen LogP contribution in [0.2, 0.25) is 0 Å². The SMILES string of the molecule is CSC1CCCC2(CO2)C1. The van der Waals surface area contributed by atoms with Crippen LogP contribution in [-0.2, 0) is 4.74 Å². The highest BCUT2D eigenvalue weighted by molar-refractivity contribution is 7.99. The predicted octanol–water partition coefficient (Wildman–Crippen LogP) is 2.06. The van der Waals surface area contributed by atoms with E-state index in [1.165, 1.54) is 25.7 Å². The van der Waals surface area contributed by atoms with Gasteiger partial charge in [0.25, 0.3) is 0 Å². The first-order valence-corrected chi connectivity index (χ1v) is 5.30. The Bertz CT molecular complexity index is 131. The molecule has 0 radical (unpaired) electrons. The Morgan fingerprint density at radius 3 is 3.00 bits per heavy atom. The molecular formula is C8H14OS. The second kappa shape index (κ2) is 2.42. The lowest BCUT2D eigenvalue weighted by atomic mass is 9.89. The van der Waals surface area contributed by atoms with Crippen LogP contribution in [0.25, 0.3) is 0 Å². The van der Waals surface area contributed by atoms with Gasteiger partial charge in [0.1, 0.15) is 0 Å². The maximum atomic E-state index is 5.46. The van der Waals surface area contributed by atoms with Gasteiger partial charge >= 0.3 is 0 Å². The van der Waals surface area contributed by atoms with Crippen LogP contribution in [0.4, 0.5) is 0 Å². The summed E-state index contributed by atoms with van der Waals surface area (Å²) in [5, 5.41) is 0.885. The molecule has 2 fully saturated rings. The molecular weight excluding hydrogens is 144 g/mol. The van der Waals surface area contributed by atoms with Crippen LogP contribution in [0.1, 0.15) is 25.7 Å². The zero-order valence-corrected chi connectivity index (χ0v) is 7.25. The van der Waals surface area contributed by atoms with E-state index in [2.05, 4.69) is 6.26 Å². The Hall–Kier alpha value is 0.310. The number of hydrogen-bond acceptors (Lipinski definition) is 2. The van der Waals surface area contributed by atoms with Gasteiger partial charge in [0.05, 0.1) is 12.2 Å². The number of rotatable bonds is 1. The lowest BCUT2D eigenvalue weighted by Gasteiger charge is -2.24. The quantitative estimate of drug-likeness (QED) is 0.542. The van der Waals surface area contributed by atoms with E-state index in [0.717, 1.165) is 11.9 Å². The van der Waals surface area contributed by atoms with Crippen LogP contribution in [0.3, 0.4) is 0 Å². The highest BCUT2D eigenvalue weighted by Gasteiger charge is 2.47. The van der Waals surface area contributed by atoms with E-state index in [9.17, 15) is 0 Å². The average molecular weight is 158 g/mol. The van der Waals surface area contributed by atoms with Crippen molar-refractivity contribution in [2.45, 2.75) is 36.5 Å². The number of hydrogen-bond donors (Lipinski definition) is 0. The van der Waals surface area contributed by atoms with Crippen molar-refractivity contribution < 1.29 is 4.74 Å². The van der Waals surface area contributed by atoms with Crippen LogP contribution in [0.5, 0.6) is 0 Å². The van der Waals surface area contributed by atoms with E-state index in [1.807, 2.05) is 11.8 Å². The van der Waals surface area contributed by atoms with Gasteiger partial charge in [-0.1, -0.05) is 0 Å². The van der Waals surface area contributed by atoms with Crippen molar-refractivity contribution in [2.75, 3.05) is 12.9 Å². The Morgan fingerprint density at radius 1 is 1.60 bits per heavy atom. The summed E-state index contributed by atoms with van der Waals surface area (Å²) in [6.45, 7) is 1.05. The summed E-state index contributed by atoms with van der Waals surface area (Å²) in [5.41, 5.74) is 0.381. The summed E-state index contributed by atoms with van der Waals surface area (Å²) in [7, 11) is 0. The minimum atomic E-state index is 0.381. The third kappa shape index (κ3) is 1.19. The summed E-state index contributed by atoms with van der Waals surface area (Å²) < 4.78 is 5.46. The molecule has 2 unspecified atom stereocenters. The summed E-state index contributed by atoms with van der Waals surface area (Å²) in [6, 6.07) is 0. The molecule has 1 saturated heterocycles. The highest BCUT2D eigenvalue weighted by Crippen LogP contribution is 2.44. The Kier molecular flexibility index (Phi) is 1.69. The molecule has 0 aromatic carbocycles. The lowest BCUT2D eigenvalue weighted by molar-refractivity contribution is 0.241. The highest BCUT2D eigenvalue weighted by atomic mass is 32.2. The normalized spacial score (nSPS) is 45.9. The first kappa shape index (κ1) is 6.99. The second-order valence-corrected chi connectivity index (χ2v) is 4.56. The van der Waals surface area contributed by atoms with Gasteiger partial charge in [-0.05, 0) is 31.9 Å². The summed E-state index contributed by atoms with van der Waals surface area (Å²) >= 11 is 2.01. The van der Waals surface area contributed by atoms with Gasteiger partial charge in [0.15, 0.2) is 0 Å². The maximum absolute atomic E-state index is 5.46. The first-order valence-electron chi connectivity index (χ1n) is 4.01. The third-order valence-electron chi connectivity index (χ3n) is 2.64. The molecule has 1 aliphatic carbocycles. The molecule has 1 aliphatic heterocycles. The minimum absolute atomic E-state index is 0.381. The third-order valence-corrected chi connectivity index (χ3v) is 3.71. The fourth-order valence-electron chi connectivity index (χ4n) is 1.84. The van der Waals surface area contributed by atoms with Crippen molar-refractivity contribution in [3.8, 4) is 0 Å². The number of thioether (sulfide) groups is 1. The molecule has 0 N–H and O–H groups in total. The van der Waals surface area contributed by atoms with E-state index in [-0.39, 0.29) is 0 Å². The Labute approximate surface area is 66.5 Å². The number of ether oxygens (including phenoxy) is 1. The van der Waals surface area contributed by atoms with Crippen molar-refractivity contribution in [3.63, 3.8) is 0 Å². The van der Waals surface area contributed by atoms with E-state index in [0.29, 0.717) is 5.60 Å². The van der Waals surface area contributed by atoms with Crippen molar-refractivity contribution in [1.29, 1.82) is 0 Å². The van der Waals surface area contributed by atoms with Crippen LogP contribution < -0.4 is 0 Å². The van der Waals surface area contributed by atoms with Gasteiger partial charge in [0, 0.05) is 5.25 Å². The summed E-state index contributed by atoms with van der Waals surface area (Å²) in [4.78, 5) is 0. The molecule has 1 heterocycles. The molecule has 1 saturated carbocycles. The van der Waals surface area contributed by atoms with Crippen molar-refractivity contribution in [2.24, 2.45) is 0 Å². The number of epoxide rings is 1. The Morgan fingerprint density at radius 2 is 2.40 bits per heavy atom. The largest absolute Gasteiger partial charge is 0.370 e. The fraction of sp³-hybridized carbons (Fsp3) is 1.00. The van der Waals surface area contributed by atoms with Crippen molar-refractivity contribution in [3.05, 3.63) is 0 Å². The van der Waals surface area contributed by atoms with E-state index in [1.54, 1.807) is 0 Å². The van der Waals surface area contributed by atoms with E-state index >= 15 is 0 Å². The molecule has 2 atom stereocenters. The van der Waals surface area contributed by atoms with Crippen LogP contribution in [0, 0.1) is 0 Å². The zero-order chi connectivity index (χ0) is 7.03. The predicted molar refractivity (Wildman–Crippen MR) is 44.5 cm³/mol. The van der Waals surface area contributed by atoms with Gasteiger partial charge in [0.2, 0.25) is 0 Å². The molecule has 0 amide bonds. The van der Waals surface area contributed by atoms with Crippen LogP contribution in [-0.4, -0.2) is 23.7 Å². The molecule has 0 aromatic heterocycles.